The molecule has 3 N–H and O–H groups in total. The van der Waals surface area contributed by atoms with E-state index in [1.54, 1.807) is 12.1 Å². The molecule has 3 aliphatic carbocycles. The van der Waals surface area contributed by atoms with Crippen LogP contribution in [0.1, 0.15) is 84.9 Å². The zero-order valence-corrected chi connectivity index (χ0v) is 21.4. The largest absolute Gasteiger partial charge is 0.393 e. The van der Waals surface area contributed by atoms with Crippen LogP contribution in [-0.4, -0.2) is 38.1 Å². The number of carbonyl (C=O) groups excluding carboxylic acids is 1. The highest BCUT2D eigenvalue weighted by Crippen LogP contribution is 2.52. The Morgan fingerprint density at radius 3 is 2.47 bits per heavy atom. The van der Waals surface area contributed by atoms with Gasteiger partial charge in [0.15, 0.2) is 0 Å². The van der Waals surface area contributed by atoms with Gasteiger partial charge in [-0.15, -0.1) is 0 Å². The Labute approximate surface area is 221 Å². The molecule has 7 rings (SSSR count). The van der Waals surface area contributed by atoms with Crippen molar-refractivity contribution >= 4 is 27.8 Å². The van der Waals surface area contributed by atoms with E-state index in [0.29, 0.717) is 42.1 Å². The minimum Gasteiger partial charge on any atom is -0.393 e. The van der Waals surface area contributed by atoms with E-state index >= 15 is 0 Å². The van der Waals surface area contributed by atoms with Crippen molar-refractivity contribution in [2.45, 2.75) is 75.3 Å². The van der Waals surface area contributed by atoms with Crippen LogP contribution in [0.4, 0.5) is 4.39 Å². The number of nitrogens with one attached hydrogen (secondary N) is 2. The summed E-state index contributed by atoms with van der Waals surface area (Å²) in [4.78, 5) is 25.8. The Balaban J connectivity index is 1.08. The van der Waals surface area contributed by atoms with E-state index in [-0.39, 0.29) is 23.9 Å². The average molecular weight is 513 g/mol. The third-order valence-electron chi connectivity index (χ3n) is 9.11. The smallest absolute Gasteiger partial charge is 0.251 e. The van der Waals surface area contributed by atoms with Crippen LogP contribution < -0.4 is 5.32 Å². The Bertz CT molecular complexity index is 1500. The van der Waals surface area contributed by atoms with Crippen LogP contribution >= 0.6 is 0 Å². The van der Waals surface area contributed by atoms with Gasteiger partial charge in [-0.2, -0.15) is 0 Å². The summed E-state index contributed by atoms with van der Waals surface area (Å²) in [6.07, 6.45) is 9.74. The van der Waals surface area contributed by atoms with Gasteiger partial charge in [-0.3, -0.25) is 9.78 Å². The molecule has 1 amide bonds. The second-order valence-corrected chi connectivity index (χ2v) is 11.7. The van der Waals surface area contributed by atoms with Crippen LogP contribution in [0.3, 0.4) is 0 Å². The lowest BCUT2D eigenvalue weighted by Crippen LogP contribution is -2.46. The molecule has 0 radical (unpaired) electrons. The quantitative estimate of drug-likeness (QED) is 0.297. The van der Waals surface area contributed by atoms with Gasteiger partial charge in [0.05, 0.1) is 22.7 Å². The van der Waals surface area contributed by atoms with E-state index in [1.165, 1.54) is 24.5 Å². The first-order chi connectivity index (χ1) is 18.5. The van der Waals surface area contributed by atoms with Crippen molar-refractivity contribution in [3.63, 3.8) is 0 Å². The van der Waals surface area contributed by atoms with Crippen molar-refractivity contribution in [3.8, 4) is 0 Å². The second-order valence-electron chi connectivity index (χ2n) is 11.7. The number of halogens is 1. The normalized spacial score (nSPS) is 26.3. The van der Waals surface area contributed by atoms with Crippen LogP contribution in [0.15, 0.2) is 48.7 Å². The number of aromatic nitrogens is 3. The number of aliphatic hydroxyl groups is 1. The third kappa shape index (κ3) is 4.47. The number of amides is 1. The Morgan fingerprint density at radius 1 is 0.974 bits per heavy atom. The minimum atomic E-state index is -0.293. The predicted octanol–water partition coefficient (Wildman–Crippen LogP) is 5.97. The highest BCUT2D eigenvalue weighted by atomic mass is 19.1. The lowest BCUT2D eigenvalue weighted by atomic mass is 9.72. The molecule has 3 saturated carbocycles. The molecule has 3 fully saturated rings. The molecule has 0 spiro atoms. The summed E-state index contributed by atoms with van der Waals surface area (Å²) >= 11 is 0. The van der Waals surface area contributed by atoms with Gasteiger partial charge in [0.1, 0.15) is 11.6 Å². The predicted molar refractivity (Wildman–Crippen MR) is 144 cm³/mol. The number of fused-ring (bicyclic) bond motifs is 2. The van der Waals surface area contributed by atoms with Crippen LogP contribution in [0, 0.1) is 17.7 Å². The monoisotopic (exact) mass is 512 g/mol. The number of aliphatic hydroxyl groups excluding tert-OH is 1. The molecule has 0 saturated heterocycles. The van der Waals surface area contributed by atoms with Gasteiger partial charge in [-0.1, -0.05) is 0 Å². The lowest BCUT2D eigenvalue weighted by Gasteiger charge is -2.34. The molecule has 2 aromatic carbocycles. The van der Waals surface area contributed by atoms with Gasteiger partial charge in [-0.25, -0.2) is 9.37 Å². The number of nitrogens with zero attached hydrogens (tertiary/aromatic N) is 2. The molecule has 0 aliphatic heterocycles. The number of rotatable bonds is 6. The summed E-state index contributed by atoms with van der Waals surface area (Å²) in [5.41, 5.74) is 4.51. The van der Waals surface area contributed by atoms with E-state index < -0.39 is 0 Å². The number of hydrogen-bond acceptors (Lipinski definition) is 4. The molecule has 1 atom stereocenters. The Hall–Kier alpha value is -3.32. The van der Waals surface area contributed by atoms with E-state index in [9.17, 15) is 14.3 Å². The van der Waals surface area contributed by atoms with Gasteiger partial charge < -0.3 is 15.4 Å². The van der Waals surface area contributed by atoms with E-state index in [2.05, 4.69) is 21.4 Å². The van der Waals surface area contributed by atoms with Crippen LogP contribution in [0.5, 0.6) is 0 Å². The highest BCUT2D eigenvalue weighted by molar-refractivity contribution is 5.97. The van der Waals surface area contributed by atoms with Crippen molar-refractivity contribution in [2.24, 2.45) is 11.8 Å². The van der Waals surface area contributed by atoms with Gasteiger partial charge in [0.25, 0.3) is 5.91 Å². The van der Waals surface area contributed by atoms with E-state index in [0.717, 1.165) is 53.4 Å². The number of aromatic amines is 1. The number of benzene rings is 2. The molecule has 4 aromatic rings. The Morgan fingerprint density at radius 2 is 1.74 bits per heavy atom. The summed E-state index contributed by atoms with van der Waals surface area (Å²) in [5.74, 6) is 2.81. The SMILES string of the molecule is O=C(NC1CC(O)C1)c1ccc2[nH]c([C@@H](C3CCC(c4ccnc5ccc(F)cc45)CC3)C3CC3)nc2c1. The zero-order valence-electron chi connectivity index (χ0n) is 21.4. The number of hydrogen-bond donors (Lipinski definition) is 3. The number of pyridine rings is 1. The Kier molecular flexibility index (Phi) is 5.91. The molecule has 0 unspecified atom stereocenters. The first-order valence-electron chi connectivity index (χ1n) is 14.0. The van der Waals surface area contributed by atoms with Gasteiger partial charge >= 0.3 is 0 Å². The average Bonchev–Trinajstić information content (AvgIpc) is 3.65. The fraction of sp³-hybridized carbons (Fsp3) is 0.452. The van der Waals surface area contributed by atoms with Crippen molar-refractivity contribution < 1.29 is 14.3 Å². The summed E-state index contributed by atoms with van der Waals surface area (Å²) in [5, 5.41) is 13.5. The molecule has 0 bridgehead atoms. The molecule has 6 nitrogen and oxygen atoms in total. The maximum Gasteiger partial charge on any atom is 0.251 e. The van der Waals surface area contributed by atoms with Crippen LogP contribution in [0.2, 0.25) is 0 Å². The van der Waals surface area contributed by atoms with Crippen molar-refractivity contribution in [1.29, 1.82) is 0 Å². The van der Waals surface area contributed by atoms with Crippen molar-refractivity contribution in [3.05, 3.63) is 71.4 Å². The van der Waals surface area contributed by atoms with Crippen molar-refractivity contribution in [2.75, 3.05) is 0 Å². The topological polar surface area (TPSA) is 90.9 Å². The molecule has 196 valence electrons. The van der Waals surface area contributed by atoms with Crippen LogP contribution in [0.25, 0.3) is 21.9 Å². The molecule has 3 aliphatic rings. The maximum atomic E-state index is 14.0. The van der Waals surface area contributed by atoms with Crippen LogP contribution in [-0.2, 0) is 0 Å². The summed E-state index contributed by atoms with van der Waals surface area (Å²) in [6.45, 7) is 0. The van der Waals surface area contributed by atoms with E-state index in [1.807, 2.05) is 24.4 Å². The molecular formula is C31H33FN4O2. The zero-order chi connectivity index (χ0) is 25.8. The number of imidazole rings is 1. The molecule has 2 heterocycles. The number of H-pyrrole nitrogens is 1. The first kappa shape index (κ1) is 23.8. The fourth-order valence-corrected chi connectivity index (χ4v) is 6.87. The second kappa shape index (κ2) is 9.45. The minimum absolute atomic E-state index is 0.0569. The number of carbonyl (C=O) groups is 1. The molecule has 2 aromatic heterocycles. The maximum absolute atomic E-state index is 14.0. The first-order valence-corrected chi connectivity index (χ1v) is 14.0. The molecular weight excluding hydrogens is 479 g/mol. The highest BCUT2D eigenvalue weighted by Gasteiger charge is 2.41. The van der Waals surface area contributed by atoms with Crippen molar-refractivity contribution in [1.82, 2.24) is 20.3 Å². The summed E-state index contributed by atoms with van der Waals surface area (Å²) < 4.78 is 14.0. The fourth-order valence-electron chi connectivity index (χ4n) is 6.87. The van der Waals surface area contributed by atoms with Gasteiger partial charge in [0, 0.05) is 29.1 Å². The van der Waals surface area contributed by atoms with E-state index in [4.69, 9.17) is 4.98 Å². The van der Waals surface area contributed by atoms with Gasteiger partial charge in [-0.05, 0) is 117 Å². The lowest BCUT2D eigenvalue weighted by molar-refractivity contribution is 0.0562. The third-order valence-corrected chi connectivity index (χ3v) is 9.11. The molecule has 38 heavy (non-hydrogen) atoms. The standard InChI is InChI=1S/C31H33FN4O2/c32-21-8-10-26-25(14-21)24(11-12-33-26)17-1-3-18(4-2-17)29(19-5-6-19)30-35-27-9-7-20(13-28(27)36-30)31(38)34-22-15-23(37)16-22/h7-14,17-19,22-23,29,37H,1-6,15-16H2,(H,34,38)(H,35,36)/t17?,18?,22?,23?,29-/m0/s1. The summed E-state index contributed by atoms with van der Waals surface area (Å²) in [7, 11) is 0. The van der Waals surface area contributed by atoms with Gasteiger partial charge in [0.2, 0.25) is 0 Å². The summed E-state index contributed by atoms with van der Waals surface area (Å²) in [6, 6.07) is 12.7. The molecule has 7 heteroatoms.